The summed E-state index contributed by atoms with van der Waals surface area (Å²) in [6.45, 7) is -0.338. The first-order chi connectivity index (χ1) is 8.70. The highest BCUT2D eigenvalue weighted by molar-refractivity contribution is 5.74. The fourth-order valence-electron chi connectivity index (χ4n) is 2.23. The number of hydrogen-bond acceptors (Lipinski definition) is 5. The maximum absolute atomic E-state index is 9.89. The van der Waals surface area contributed by atoms with Crippen LogP contribution in [0.15, 0.2) is 24.3 Å². The van der Waals surface area contributed by atoms with Crippen LogP contribution in [0.4, 0.5) is 0 Å². The molecule has 0 bridgehead atoms. The van der Waals surface area contributed by atoms with Gasteiger partial charge in [0.25, 0.3) is 0 Å². The molecule has 0 unspecified atom stereocenters. The van der Waals surface area contributed by atoms with Crippen molar-refractivity contribution in [2.24, 2.45) is 0 Å². The molecule has 0 amide bonds. The lowest BCUT2D eigenvalue weighted by molar-refractivity contribution is -0.0249. The first-order valence-electron chi connectivity index (χ1n) is 5.78. The number of rotatable bonds is 2. The number of nitrogens with zero attached hydrogens (tertiary/aromatic N) is 1. The van der Waals surface area contributed by atoms with Crippen LogP contribution in [0.5, 0.6) is 0 Å². The van der Waals surface area contributed by atoms with E-state index in [9.17, 15) is 10.2 Å². The number of nitrogens with one attached hydrogen (secondary N) is 1. The van der Waals surface area contributed by atoms with Crippen molar-refractivity contribution in [1.82, 2.24) is 9.97 Å². The Labute approximate surface area is 103 Å². The normalized spacial score (nSPS) is 32.2. The molecular weight excluding hydrogens is 236 g/mol. The number of H-pyrrole nitrogens is 1. The molecule has 4 N–H and O–H groups in total. The summed E-state index contributed by atoms with van der Waals surface area (Å²) in [4.78, 5) is 7.36. The molecule has 2 heterocycles. The molecule has 1 aliphatic heterocycles. The summed E-state index contributed by atoms with van der Waals surface area (Å²) in [6.07, 6.45) is -3.72. The van der Waals surface area contributed by atoms with Gasteiger partial charge in [-0.3, -0.25) is 0 Å². The topological polar surface area (TPSA) is 98.6 Å². The zero-order valence-electron chi connectivity index (χ0n) is 9.52. The summed E-state index contributed by atoms with van der Waals surface area (Å²) in [6, 6.07) is 7.45. The number of aromatic amines is 1. The monoisotopic (exact) mass is 250 g/mol. The minimum absolute atomic E-state index is 0.338. The molecular formula is C12H14N2O4. The van der Waals surface area contributed by atoms with E-state index in [2.05, 4.69) is 9.97 Å². The molecule has 2 aromatic rings. The first kappa shape index (κ1) is 11.6. The minimum Gasteiger partial charge on any atom is -0.394 e. The van der Waals surface area contributed by atoms with Crippen LogP contribution >= 0.6 is 0 Å². The second-order valence-corrected chi connectivity index (χ2v) is 4.40. The number of ether oxygens (including phenoxy) is 1. The molecule has 6 nitrogen and oxygen atoms in total. The summed E-state index contributed by atoms with van der Waals surface area (Å²) >= 11 is 0. The minimum atomic E-state index is -1.10. The van der Waals surface area contributed by atoms with Crippen molar-refractivity contribution >= 4 is 11.0 Å². The molecule has 1 aromatic heterocycles. The van der Waals surface area contributed by atoms with Crippen molar-refractivity contribution in [1.29, 1.82) is 0 Å². The maximum Gasteiger partial charge on any atom is 0.144 e. The van der Waals surface area contributed by atoms with Gasteiger partial charge in [0.1, 0.15) is 30.2 Å². The summed E-state index contributed by atoms with van der Waals surface area (Å²) < 4.78 is 5.41. The molecule has 1 saturated heterocycles. The average Bonchev–Trinajstić information content (AvgIpc) is 2.92. The molecule has 18 heavy (non-hydrogen) atoms. The zero-order valence-corrected chi connectivity index (χ0v) is 9.52. The van der Waals surface area contributed by atoms with Crippen LogP contribution < -0.4 is 0 Å². The number of aliphatic hydroxyl groups is 3. The fourth-order valence-corrected chi connectivity index (χ4v) is 2.23. The second-order valence-electron chi connectivity index (χ2n) is 4.40. The fraction of sp³-hybridized carbons (Fsp3) is 0.417. The SMILES string of the molecule is OC[C@H]1O[C@@H](c2nc3ccccc3[nH]2)[C@H](O)[C@H]1O. The standard InChI is InChI=1S/C12H14N2O4/c15-5-8-9(16)10(17)11(18-8)12-13-6-3-1-2-4-7(6)14-12/h1-4,8-11,15-17H,5H2,(H,13,14)/t8-,9+,10-,11-/m1/s1. The van der Waals surface area contributed by atoms with Gasteiger partial charge in [-0.05, 0) is 12.1 Å². The largest absolute Gasteiger partial charge is 0.394 e. The van der Waals surface area contributed by atoms with Crippen molar-refractivity contribution in [2.45, 2.75) is 24.4 Å². The van der Waals surface area contributed by atoms with E-state index in [4.69, 9.17) is 9.84 Å². The van der Waals surface area contributed by atoms with E-state index in [1.807, 2.05) is 24.3 Å². The number of aromatic nitrogens is 2. The van der Waals surface area contributed by atoms with Gasteiger partial charge in [-0.15, -0.1) is 0 Å². The third-order valence-electron chi connectivity index (χ3n) is 3.22. The van der Waals surface area contributed by atoms with Crippen molar-refractivity contribution in [3.8, 4) is 0 Å². The van der Waals surface area contributed by atoms with Gasteiger partial charge in [-0.25, -0.2) is 4.98 Å². The molecule has 6 heteroatoms. The molecule has 1 aliphatic rings. The van der Waals surface area contributed by atoms with Crippen LogP contribution in [0.1, 0.15) is 11.9 Å². The number of aliphatic hydroxyl groups excluding tert-OH is 3. The molecule has 1 aromatic carbocycles. The summed E-state index contributed by atoms with van der Waals surface area (Å²) in [7, 11) is 0. The Morgan fingerprint density at radius 2 is 2.00 bits per heavy atom. The Balaban J connectivity index is 1.95. The lowest BCUT2D eigenvalue weighted by Gasteiger charge is -2.11. The van der Waals surface area contributed by atoms with Gasteiger partial charge in [-0.1, -0.05) is 12.1 Å². The molecule has 1 fully saturated rings. The van der Waals surface area contributed by atoms with Crippen LogP contribution in [0, 0.1) is 0 Å². The van der Waals surface area contributed by atoms with Crippen LogP contribution in [0.3, 0.4) is 0 Å². The molecule has 0 aliphatic carbocycles. The predicted octanol–water partition coefficient (Wildman–Crippen LogP) is -0.283. The smallest absolute Gasteiger partial charge is 0.144 e. The summed E-state index contributed by atoms with van der Waals surface area (Å²) in [5, 5.41) is 28.6. The van der Waals surface area contributed by atoms with Gasteiger partial charge in [0, 0.05) is 0 Å². The number of para-hydroxylation sites is 2. The van der Waals surface area contributed by atoms with E-state index >= 15 is 0 Å². The van der Waals surface area contributed by atoms with Gasteiger partial charge in [0.05, 0.1) is 17.6 Å². The molecule has 0 radical (unpaired) electrons. The highest BCUT2D eigenvalue weighted by Gasteiger charge is 2.44. The van der Waals surface area contributed by atoms with E-state index in [-0.39, 0.29) is 6.61 Å². The first-order valence-corrected chi connectivity index (χ1v) is 5.78. The third-order valence-corrected chi connectivity index (χ3v) is 3.22. The Morgan fingerprint density at radius 3 is 2.67 bits per heavy atom. The maximum atomic E-state index is 9.89. The number of fused-ring (bicyclic) bond motifs is 1. The van der Waals surface area contributed by atoms with Gasteiger partial charge in [0.15, 0.2) is 0 Å². The molecule has 3 rings (SSSR count). The number of benzene rings is 1. The van der Waals surface area contributed by atoms with Crippen molar-refractivity contribution in [3.05, 3.63) is 30.1 Å². The van der Waals surface area contributed by atoms with Crippen molar-refractivity contribution in [3.63, 3.8) is 0 Å². The lowest BCUT2D eigenvalue weighted by atomic mass is 10.1. The van der Waals surface area contributed by atoms with Crippen LogP contribution in [-0.2, 0) is 4.74 Å². The van der Waals surface area contributed by atoms with Crippen LogP contribution in [-0.4, -0.2) is 50.2 Å². The predicted molar refractivity (Wildman–Crippen MR) is 62.8 cm³/mol. The Kier molecular flexibility index (Phi) is 2.79. The third kappa shape index (κ3) is 1.70. The number of imidazole rings is 1. The highest BCUT2D eigenvalue weighted by atomic mass is 16.6. The molecule has 4 atom stereocenters. The van der Waals surface area contributed by atoms with Gasteiger partial charge in [-0.2, -0.15) is 0 Å². The lowest BCUT2D eigenvalue weighted by Crippen LogP contribution is -2.32. The van der Waals surface area contributed by atoms with E-state index in [1.54, 1.807) is 0 Å². The Morgan fingerprint density at radius 1 is 1.22 bits per heavy atom. The summed E-state index contributed by atoms with van der Waals surface area (Å²) in [5.74, 6) is 0.457. The van der Waals surface area contributed by atoms with Gasteiger partial charge < -0.3 is 25.0 Å². The van der Waals surface area contributed by atoms with Crippen LogP contribution in [0.25, 0.3) is 11.0 Å². The Hall–Kier alpha value is -1.47. The Bertz CT molecular complexity index is 523. The summed E-state index contributed by atoms with van der Waals surface area (Å²) in [5.41, 5.74) is 1.61. The van der Waals surface area contributed by atoms with E-state index in [0.29, 0.717) is 5.82 Å². The van der Waals surface area contributed by atoms with E-state index in [0.717, 1.165) is 11.0 Å². The zero-order chi connectivity index (χ0) is 12.7. The van der Waals surface area contributed by atoms with Gasteiger partial charge in [0.2, 0.25) is 0 Å². The number of hydrogen-bond donors (Lipinski definition) is 4. The van der Waals surface area contributed by atoms with Crippen LogP contribution in [0.2, 0.25) is 0 Å². The second kappa shape index (κ2) is 4.33. The molecule has 0 spiro atoms. The van der Waals surface area contributed by atoms with E-state index in [1.165, 1.54) is 0 Å². The van der Waals surface area contributed by atoms with Crippen molar-refractivity contribution < 1.29 is 20.1 Å². The van der Waals surface area contributed by atoms with Crippen molar-refractivity contribution in [2.75, 3.05) is 6.61 Å². The molecule has 0 saturated carbocycles. The molecule has 96 valence electrons. The highest BCUT2D eigenvalue weighted by Crippen LogP contribution is 2.32. The average molecular weight is 250 g/mol. The van der Waals surface area contributed by atoms with E-state index < -0.39 is 24.4 Å². The quantitative estimate of drug-likeness (QED) is 0.587. The van der Waals surface area contributed by atoms with Gasteiger partial charge >= 0.3 is 0 Å².